The predicted molar refractivity (Wildman–Crippen MR) is 88.3 cm³/mol. The van der Waals surface area contributed by atoms with Crippen LogP contribution in [0.25, 0.3) is 0 Å². The summed E-state index contributed by atoms with van der Waals surface area (Å²) in [5.41, 5.74) is 7.22. The largest absolute Gasteiger partial charge is 0.354 e. The monoisotopic (exact) mass is 301 g/mol. The third-order valence-electron chi connectivity index (χ3n) is 5.08. The zero-order valence-electron chi connectivity index (χ0n) is 13.2. The summed E-state index contributed by atoms with van der Waals surface area (Å²) in [6, 6.07) is 11.0. The van der Waals surface area contributed by atoms with E-state index in [-0.39, 0.29) is 17.9 Å². The molecule has 2 fully saturated rings. The van der Waals surface area contributed by atoms with Crippen LogP contribution in [-0.2, 0) is 4.79 Å². The molecule has 4 heteroatoms. The molecule has 4 nitrogen and oxygen atoms in total. The number of nitrogens with one attached hydrogen (secondary N) is 1. The van der Waals surface area contributed by atoms with Crippen molar-refractivity contribution in [3.63, 3.8) is 0 Å². The highest BCUT2D eigenvalue weighted by Crippen LogP contribution is 2.26. The van der Waals surface area contributed by atoms with Gasteiger partial charge in [-0.1, -0.05) is 30.3 Å². The SMILES string of the molecule is NC1CCC(C(=O)NCC(c2ccccc2)N2CCCC2)C1. The average Bonchev–Trinajstić information content (AvgIpc) is 3.20. The Balaban J connectivity index is 1.61. The second-order valence-electron chi connectivity index (χ2n) is 6.68. The van der Waals surface area contributed by atoms with Crippen molar-refractivity contribution in [2.75, 3.05) is 19.6 Å². The molecule has 1 saturated carbocycles. The van der Waals surface area contributed by atoms with E-state index in [1.54, 1.807) is 0 Å². The van der Waals surface area contributed by atoms with Gasteiger partial charge in [0.15, 0.2) is 0 Å². The summed E-state index contributed by atoms with van der Waals surface area (Å²) in [6.07, 6.45) is 5.27. The van der Waals surface area contributed by atoms with Gasteiger partial charge in [0.05, 0.1) is 6.04 Å². The lowest BCUT2D eigenvalue weighted by Crippen LogP contribution is -2.39. The van der Waals surface area contributed by atoms with Crippen molar-refractivity contribution >= 4 is 5.91 Å². The van der Waals surface area contributed by atoms with Crippen molar-refractivity contribution in [1.29, 1.82) is 0 Å². The molecule has 0 aromatic heterocycles. The van der Waals surface area contributed by atoms with Crippen LogP contribution in [0.1, 0.15) is 43.7 Å². The van der Waals surface area contributed by atoms with Gasteiger partial charge in [0.1, 0.15) is 0 Å². The van der Waals surface area contributed by atoms with Crippen LogP contribution in [0.5, 0.6) is 0 Å². The smallest absolute Gasteiger partial charge is 0.223 e. The van der Waals surface area contributed by atoms with Crippen molar-refractivity contribution in [3.8, 4) is 0 Å². The second kappa shape index (κ2) is 7.25. The second-order valence-corrected chi connectivity index (χ2v) is 6.68. The Morgan fingerprint density at radius 1 is 1.23 bits per heavy atom. The molecule has 1 amide bonds. The molecular weight excluding hydrogens is 274 g/mol. The predicted octanol–water partition coefficient (Wildman–Crippen LogP) is 2.07. The van der Waals surface area contributed by atoms with Crippen molar-refractivity contribution in [2.45, 2.75) is 44.2 Å². The Morgan fingerprint density at radius 3 is 2.59 bits per heavy atom. The van der Waals surface area contributed by atoms with E-state index in [9.17, 15) is 4.79 Å². The number of hydrogen-bond acceptors (Lipinski definition) is 3. The van der Waals surface area contributed by atoms with Crippen LogP contribution in [0.15, 0.2) is 30.3 Å². The van der Waals surface area contributed by atoms with Crippen LogP contribution < -0.4 is 11.1 Å². The van der Waals surface area contributed by atoms with Gasteiger partial charge >= 0.3 is 0 Å². The lowest BCUT2D eigenvalue weighted by atomic mass is 10.0. The molecule has 1 aromatic rings. The fourth-order valence-electron chi connectivity index (χ4n) is 3.78. The minimum Gasteiger partial charge on any atom is -0.354 e. The lowest BCUT2D eigenvalue weighted by molar-refractivity contribution is -0.125. The zero-order chi connectivity index (χ0) is 15.4. The molecule has 1 aromatic carbocycles. The van der Waals surface area contributed by atoms with Crippen LogP contribution in [0.3, 0.4) is 0 Å². The highest BCUT2D eigenvalue weighted by molar-refractivity contribution is 5.79. The van der Waals surface area contributed by atoms with E-state index in [0.717, 1.165) is 32.4 Å². The third kappa shape index (κ3) is 3.68. The number of carbonyl (C=O) groups excluding carboxylic acids is 1. The van der Waals surface area contributed by atoms with E-state index in [1.807, 2.05) is 6.07 Å². The van der Waals surface area contributed by atoms with E-state index in [1.165, 1.54) is 18.4 Å². The number of benzene rings is 1. The molecule has 1 saturated heterocycles. The molecule has 3 unspecified atom stereocenters. The van der Waals surface area contributed by atoms with Gasteiger partial charge in [-0.05, 0) is 50.8 Å². The minimum atomic E-state index is 0.116. The molecular formula is C18H27N3O. The molecule has 3 N–H and O–H groups in total. The minimum absolute atomic E-state index is 0.116. The number of nitrogens with two attached hydrogens (primary N) is 1. The van der Waals surface area contributed by atoms with Gasteiger partial charge < -0.3 is 11.1 Å². The number of hydrogen-bond donors (Lipinski definition) is 2. The number of amides is 1. The Morgan fingerprint density at radius 2 is 1.95 bits per heavy atom. The quantitative estimate of drug-likeness (QED) is 0.875. The molecule has 3 rings (SSSR count). The van der Waals surface area contributed by atoms with Crippen LogP contribution in [0.4, 0.5) is 0 Å². The van der Waals surface area contributed by atoms with Crippen molar-refractivity contribution in [3.05, 3.63) is 35.9 Å². The van der Waals surface area contributed by atoms with Gasteiger partial charge in [-0.25, -0.2) is 0 Å². The van der Waals surface area contributed by atoms with E-state index >= 15 is 0 Å². The van der Waals surface area contributed by atoms with Crippen molar-refractivity contribution in [2.24, 2.45) is 11.7 Å². The van der Waals surface area contributed by atoms with Gasteiger partial charge in [-0.15, -0.1) is 0 Å². The first-order valence-corrected chi connectivity index (χ1v) is 8.56. The topological polar surface area (TPSA) is 58.4 Å². The molecule has 0 spiro atoms. The van der Waals surface area contributed by atoms with E-state index < -0.39 is 0 Å². The number of likely N-dealkylation sites (tertiary alicyclic amines) is 1. The maximum Gasteiger partial charge on any atom is 0.223 e. The van der Waals surface area contributed by atoms with E-state index in [2.05, 4.69) is 34.5 Å². The molecule has 3 atom stereocenters. The molecule has 1 aliphatic carbocycles. The van der Waals surface area contributed by atoms with Gasteiger partial charge in [0.2, 0.25) is 5.91 Å². The number of carbonyl (C=O) groups is 1. The molecule has 1 heterocycles. The highest BCUT2D eigenvalue weighted by atomic mass is 16.1. The summed E-state index contributed by atoms with van der Waals surface area (Å²) >= 11 is 0. The average molecular weight is 301 g/mol. The summed E-state index contributed by atoms with van der Waals surface area (Å²) in [5, 5.41) is 3.18. The molecule has 0 radical (unpaired) electrons. The Hall–Kier alpha value is -1.39. The Bertz CT molecular complexity index is 484. The first kappa shape index (κ1) is 15.5. The molecule has 120 valence electrons. The van der Waals surface area contributed by atoms with Crippen molar-refractivity contribution in [1.82, 2.24) is 10.2 Å². The van der Waals surface area contributed by atoms with E-state index in [4.69, 9.17) is 5.73 Å². The fourth-order valence-corrected chi connectivity index (χ4v) is 3.78. The maximum absolute atomic E-state index is 12.4. The Kier molecular flexibility index (Phi) is 5.11. The van der Waals surface area contributed by atoms with Crippen LogP contribution in [-0.4, -0.2) is 36.5 Å². The lowest BCUT2D eigenvalue weighted by Gasteiger charge is -2.28. The van der Waals surface area contributed by atoms with Crippen LogP contribution in [0.2, 0.25) is 0 Å². The summed E-state index contributed by atoms with van der Waals surface area (Å²) in [4.78, 5) is 14.9. The molecule has 0 bridgehead atoms. The summed E-state index contributed by atoms with van der Waals surface area (Å²) < 4.78 is 0. The molecule has 22 heavy (non-hydrogen) atoms. The standard InChI is InChI=1S/C18H27N3O/c19-16-9-8-15(12-16)18(22)20-13-17(21-10-4-5-11-21)14-6-2-1-3-7-14/h1-3,6-7,15-17H,4-5,8-13,19H2,(H,20,22). The first-order chi connectivity index (χ1) is 10.7. The van der Waals surface area contributed by atoms with Gasteiger partial charge in [0, 0.05) is 18.5 Å². The number of nitrogens with zero attached hydrogens (tertiary/aromatic N) is 1. The van der Waals surface area contributed by atoms with Gasteiger partial charge in [0.25, 0.3) is 0 Å². The molecule has 2 aliphatic rings. The summed E-state index contributed by atoms with van der Waals surface area (Å²) in [5.74, 6) is 0.304. The summed E-state index contributed by atoms with van der Waals surface area (Å²) in [6.45, 7) is 2.96. The van der Waals surface area contributed by atoms with Gasteiger partial charge in [-0.3, -0.25) is 9.69 Å². The van der Waals surface area contributed by atoms with Crippen LogP contribution >= 0.6 is 0 Å². The fraction of sp³-hybridized carbons (Fsp3) is 0.611. The maximum atomic E-state index is 12.4. The highest BCUT2D eigenvalue weighted by Gasteiger charge is 2.29. The Labute approximate surface area is 133 Å². The van der Waals surface area contributed by atoms with Gasteiger partial charge in [-0.2, -0.15) is 0 Å². The zero-order valence-corrected chi connectivity index (χ0v) is 13.2. The van der Waals surface area contributed by atoms with E-state index in [0.29, 0.717) is 12.6 Å². The van der Waals surface area contributed by atoms with Crippen LogP contribution in [0, 0.1) is 5.92 Å². The number of rotatable bonds is 5. The summed E-state index contributed by atoms with van der Waals surface area (Å²) in [7, 11) is 0. The van der Waals surface area contributed by atoms with Crippen molar-refractivity contribution < 1.29 is 4.79 Å². The molecule has 1 aliphatic heterocycles. The first-order valence-electron chi connectivity index (χ1n) is 8.56. The third-order valence-corrected chi connectivity index (χ3v) is 5.08. The normalized spacial score (nSPS) is 27.0.